The van der Waals surface area contributed by atoms with Crippen LogP contribution < -0.4 is 21.1 Å². The first-order chi connectivity index (χ1) is 14.5. The van der Waals surface area contributed by atoms with Gasteiger partial charge in [0.15, 0.2) is 5.84 Å². The number of nitrogens with zero attached hydrogens (tertiary/aromatic N) is 1. The number of likely N-dealkylation sites (N-methyl/N-ethyl adjacent to an activating group) is 1. The van der Waals surface area contributed by atoms with Crippen LogP contribution >= 0.6 is 0 Å². The van der Waals surface area contributed by atoms with E-state index in [0.29, 0.717) is 16.9 Å². The molecule has 0 atom stereocenters. The lowest BCUT2D eigenvalue weighted by molar-refractivity contribution is -0.119. The van der Waals surface area contributed by atoms with Crippen molar-refractivity contribution in [3.05, 3.63) is 77.4 Å². The average molecular weight is 406 g/mol. The number of nitrogens with two attached hydrogens (primary N) is 1. The minimum atomic E-state index is -0.401. The van der Waals surface area contributed by atoms with Gasteiger partial charge in [-0.15, -0.1) is 0 Å². The van der Waals surface area contributed by atoms with Gasteiger partial charge in [-0.1, -0.05) is 53.7 Å². The van der Waals surface area contributed by atoms with Crippen LogP contribution in [0, 0.1) is 0 Å². The van der Waals surface area contributed by atoms with Gasteiger partial charge in [0, 0.05) is 12.6 Å². The summed E-state index contributed by atoms with van der Waals surface area (Å²) in [7, 11) is 1.50. The summed E-state index contributed by atoms with van der Waals surface area (Å²) < 4.78 is 5.94. The highest BCUT2D eigenvalue weighted by Gasteiger charge is 2.15. The van der Waals surface area contributed by atoms with Crippen LogP contribution in [0.1, 0.15) is 21.5 Å². The molecule has 0 bridgehead atoms. The zero-order valence-corrected chi connectivity index (χ0v) is 16.4. The number of carbonyl (C=O) groups excluding carboxylic acids is 2. The molecule has 0 aliphatic rings. The highest BCUT2D eigenvalue weighted by atomic mass is 16.5. The van der Waals surface area contributed by atoms with Crippen LogP contribution in [0.3, 0.4) is 0 Å². The number of carbonyl (C=O) groups is 2. The lowest BCUT2D eigenvalue weighted by Crippen LogP contribution is -2.35. The van der Waals surface area contributed by atoms with Crippen LogP contribution in [-0.2, 0) is 11.4 Å². The molecule has 0 saturated heterocycles. The Hall–Kier alpha value is -4.07. The van der Waals surface area contributed by atoms with Crippen molar-refractivity contribution in [3.8, 4) is 5.75 Å². The van der Waals surface area contributed by atoms with Crippen LogP contribution in [-0.4, -0.2) is 36.4 Å². The molecule has 5 N–H and O–H groups in total. The number of benzene rings is 3. The van der Waals surface area contributed by atoms with E-state index in [4.69, 9.17) is 15.7 Å². The number of nitrogens with one attached hydrogen (secondary N) is 2. The fraction of sp³-hybridized carbons (Fsp3) is 0.136. The van der Waals surface area contributed by atoms with Gasteiger partial charge in [0.2, 0.25) is 5.91 Å². The van der Waals surface area contributed by atoms with Crippen LogP contribution in [0.2, 0.25) is 0 Å². The lowest BCUT2D eigenvalue weighted by atomic mass is 10.1. The molecular weight excluding hydrogens is 384 g/mol. The maximum absolute atomic E-state index is 12.7. The predicted octanol–water partition coefficient (Wildman–Crippen LogP) is 1.99. The highest BCUT2D eigenvalue weighted by Crippen LogP contribution is 2.27. The predicted molar refractivity (Wildman–Crippen MR) is 114 cm³/mol. The van der Waals surface area contributed by atoms with Gasteiger partial charge in [0.1, 0.15) is 12.4 Å². The van der Waals surface area contributed by atoms with E-state index in [1.165, 1.54) is 7.05 Å². The van der Waals surface area contributed by atoms with Gasteiger partial charge in [-0.3, -0.25) is 9.59 Å². The largest absolute Gasteiger partial charge is 0.488 e. The van der Waals surface area contributed by atoms with E-state index in [1.807, 2.05) is 24.3 Å². The summed E-state index contributed by atoms with van der Waals surface area (Å²) in [6.07, 6.45) is 0. The second kappa shape index (κ2) is 9.42. The zero-order chi connectivity index (χ0) is 21.5. The zero-order valence-electron chi connectivity index (χ0n) is 16.4. The Balaban J connectivity index is 1.84. The van der Waals surface area contributed by atoms with Gasteiger partial charge >= 0.3 is 0 Å². The van der Waals surface area contributed by atoms with Gasteiger partial charge in [0.25, 0.3) is 5.91 Å². The van der Waals surface area contributed by atoms with E-state index in [2.05, 4.69) is 15.8 Å². The molecule has 0 unspecified atom stereocenters. The Morgan fingerprint density at radius 3 is 2.37 bits per heavy atom. The average Bonchev–Trinajstić information content (AvgIpc) is 2.80. The van der Waals surface area contributed by atoms with Gasteiger partial charge in [-0.05, 0) is 28.5 Å². The second-order valence-corrected chi connectivity index (χ2v) is 6.52. The minimum Gasteiger partial charge on any atom is -0.488 e. The fourth-order valence-electron chi connectivity index (χ4n) is 2.85. The molecule has 0 fully saturated rings. The van der Waals surface area contributed by atoms with Crippen molar-refractivity contribution >= 4 is 28.4 Å². The summed E-state index contributed by atoms with van der Waals surface area (Å²) in [5.74, 6) is -0.269. The molecule has 8 nitrogen and oxygen atoms in total. The third kappa shape index (κ3) is 4.85. The van der Waals surface area contributed by atoms with Gasteiger partial charge in [-0.2, -0.15) is 0 Å². The third-order valence-corrected chi connectivity index (χ3v) is 4.53. The molecule has 0 radical (unpaired) electrons. The van der Waals surface area contributed by atoms with Crippen molar-refractivity contribution in [3.63, 3.8) is 0 Å². The number of amidine groups is 1. The molecule has 0 aliphatic carbocycles. The first kappa shape index (κ1) is 20.7. The number of hydrogen-bond acceptors (Lipinski definition) is 5. The van der Waals surface area contributed by atoms with E-state index >= 15 is 0 Å². The molecular formula is C22H22N4O4. The number of fused-ring (bicyclic) bond motifs is 1. The first-order valence-corrected chi connectivity index (χ1v) is 9.23. The molecule has 154 valence electrons. The van der Waals surface area contributed by atoms with Gasteiger partial charge in [0.05, 0.1) is 12.1 Å². The van der Waals surface area contributed by atoms with Crippen molar-refractivity contribution in [2.75, 3.05) is 13.6 Å². The van der Waals surface area contributed by atoms with Gasteiger partial charge < -0.3 is 26.3 Å². The van der Waals surface area contributed by atoms with E-state index in [1.54, 1.807) is 36.4 Å². The smallest absolute Gasteiger partial charge is 0.255 e. The van der Waals surface area contributed by atoms with E-state index in [9.17, 15) is 9.59 Å². The normalized spacial score (nSPS) is 11.2. The van der Waals surface area contributed by atoms with Gasteiger partial charge in [-0.25, -0.2) is 0 Å². The summed E-state index contributed by atoms with van der Waals surface area (Å²) in [5.41, 5.74) is 7.34. The maximum atomic E-state index is 12.7. The molecule has 8 heteroatoms. The Morgan fingerprint density at radius 2 is 1.73 bits per heavy atom. The van der Waals surface area contributed by atoms with Crippen LogP contribution in [0.15, 0.2) is 65.8 Å². The van der Waals surface area contributed by atoms with Crippen molar-refractivity contribution in [1.82, 2.24) is 10.6 Å². The number of rotatable bonds is 7. The minimum absolute atomic E-state index is 0.0204. The van der Waals surface area contributed by atoms with Crippen molar-refractivity contribution < 1.29 is 19.5 Å². The Bertz CT molecular complexity index is 1090. The molecule has 3 rings (SSSR count). The molecule has 0 saturated carbocycles. The van der Waals surface area contributed by atoms with E-state index in [-0.39, 0.29) is 24.9 Å². The summed E-state index contributed by atoms with van der Waals surface area (Å²) >= 11 is 0. The summed E-state index contributed by atoms with van der Waals surface area (Å²) in [5, 5.41) is 18.6. The second-order valence-electron chi connectivity index (χ2n) is 6.52. The Morgan fingerprint density at radius 1 is 1.07 bits per heavy atom. The molecule has 2 amide bonds. The van der Waals surface area contributed by atoms with E-state index < -0.39 is 5.91 Å². The maximum Gasteiger partial charge on any atom is 0.255 e. The first-order valence-electron chi connectivity index (χ1n) is 9.23. The monoisotopic (exact) mass is 406 g/mol. The summed E-state index contributed by atoms with van der Waals surface area (Å²) in [6.45, 7) is 0.0847. The number of amides is 2. The van der Waals surface area contributed by atoms with Crippen molar-refractivity contribution in [2.24, 2.45) is 10.9 Å². The number of oxime groups is 1. The molecule has 30 heavy (non-hydrogen) atoms. The summed E-state index contributed by atoms with van der Waals surface area (Å²) in [4.78, 5) is 24.1. The van der Waals surface area contributed by atoms with Crippen LogP contribution in [0.4, 0.5) is 0 Å². The standard InChI is InChI=1S/C22H22N4O4/c1-24-20(27)12-25-22(28)18-10-16-4-2-3-5-17(16)11-19(18)30-13-14-6-8-15(9-7-14)21(23)26-29/h2-11,29H,12-13H2,1H3,(H2,23,26)(H,24,27)(H,25,28). The molecule has 3 aromatic carbocycles. The lowest BCUT2D eigenvalue weighted by Gasteiger charge is -2.14. The summed E-state index contributed by atoms with van der Waals surface area (Å²) in [6, 6.07) is 18.2. The molecule has 0 aliphatic heterocycles. The van der Waals surface area contributed by atoms with E-state index in [0.717, 1.165) is 16.3 Å². The molecule has 0 aromatic heterocycles. The topological polar surface area (TPSA) is 126 Å². The Labute approximate surface area is 173 Å². The van der Waals surface area contributed by atoms with Crippen LogP contribution in [0.25, 0.3) is 10.8 Å². The SMILES string of the molecule is CNC(=O)CNC(=O)c1cc2ccccc2cc1OCc1ccc(C(N)=NO)cc1. The highest BCUT2D eigenvalue weighted by molar-refractivity contribution is 6.02. The fourth-order valence-corrected chi connectivity index (χ4v) is 2.85. The van der Waals surface area contributed by atoms with Crippen molar-refractivity contribution in [2.45, 2.75) is 6.61 Å². The van der Waals surface area contributed by atoms with Crippen LogP contribution in [0.5, 0.6) is 5.75 Å². The number of ether oxygens (including phenoxy) is 1. The molecule has 3 aromatic rings. The Kier molecular flexibility index (Phi) is 6.49. The number of hydrogen-bond donors (Lipinski definition) is 4. The molecule has 0 heterocycles. The third-order valence-electron chi connectivity index (χ3n) is 4.53. The molecule has 0 spiro atoms. The van der Waals surface area contributed by atoms with Crippen molar-refractivity contribution in [1.29, 1.82) is 0 Å². The quantitative estimate of drug-likeness (QED) is 0.207.